The first-order valence-electron chi connectivity index (χ1n) is 10.1. The molecule has 5 nitrogen and oxygen atoms in total. The molecule has 4 rings (SSSR count). The zero-order chi connectivity index (χ0) is 23.5. The second kappa shape index (κ2) is 9.20. The number of nitrogens with zero attached hydrogens (tertiary/aromatic N) is 1. The second-order valence-corrected chi connectivity index (χ2v) is 7.37. The summed E-state index contributed by atoms with van der Waals surface area (Å²) < 4.78 is 45.4. The Morgan fingerprint density at radius 1 is 0.848 bits per heavy atom. The molecule has 2 amide bonds. The summed E-state index contributed by atoms with van der Waals surface area (Å²) in [7, 11) is 1.51. The van der Waals surface area contributed by atoms with Gasteiger partial charge in [0.05, 0.1) is 12.7 Å². The van der Waals surface area contributed by atoms with Gasteiger partial charge in [-0.25, -0.2) is 13.2 Å². The zero-order valence-corrected chi connectivity index (χ0v) is 17.6. The van der Waals surface area contributed by atoms with Crippen LogP contribution < -0.4 is 10.1 Å². The van der Waals surface area contributed by atoms with Crippen molar-refractivity contribution in [3.05, 3.63) is 101 Å². The first kappa shape index (κ1) is 22.1. The summed E-state index contributed by atoms with van der Waals surface area (Å²) >= 11 is 0. The Bertz CT molecular complexity index is 1240. The van der Waals surface area contributed by atoms with Gasteiger partial charge in [0.2, 0.25) is 0 Å². The van der Waals surface area contributed by atoms with E-state index < -0.39 is 23.4 Å². The van der Waals surface area contributed by atoms with Gasteiger partial charge in [0.1, 0.15) is 17.3 Å². The molecule has 8 heteroatoms. The standard InChI is InChI=1S/C25H19F3N2O3/c1-33-19-9-4-16(5-10-19)22-23(29-18-8-11-20(27)21(28)14-18)25(32)30(24(22)31)13-12-15-2-6-17(26)7-3-15/h2-11,14,29H,12-13H2,1H3. The van der Waals surface area contributed by atoms with Crippen molar-refractivity contribution in [3.8, 4) is 5.75 Å². The number of hydrogen-bond acceptors (Lipinski definition) is 4. The highest BCUT2D eigenvalue weighted by Crippen LogP contribution is 2.32. The van der Waals surface area contributed by atoms with Crippen LogP contribution in [0.2, 0.25) is 0 Å². The topological polar surface area (TPSA) is 58.6 Å². The minimum absolute atomic E-state index is 0.0460. The number of imide groups is 1. The molecule has 0 fully saturated rings. The summed E-state index contributed by atoms with van der Waals surface area (Å²) in [6.07, 6.45) is 0.326. The summed E-state index contributed by atoms with van der Waals surface area (Å²) in [6.45, 7) is 0.0614. The Labute approximate surface area is 188 Å². The Balaban J connectivity index is 1.66. The van der Waals surface area contributed by atoms with Crippen LogP contribution in [0.15, 0.2) is 72.4 Å². The smallest absolute Gasteiger partial charge is 0.278 e. The van der Waals surface area contributed by atoms with Crippen molar-refractivity contribution in [3.63, 3.8) is 0 Å². The van der Waals surface area contributed by atoms with E-state index in [9.17, 15) is 22.8 Å². The average molecular weight is 452 g/mol. The molecular weight excluding hydrogens is 433 g/mol. The molecule has 168 valence electrons. The van der Waals surface area contributed by atoms with Crippen LogP contribution >= 0.6 is 0 Å². The number of carbonyl (C=O) groups excluding carboxylic acids is 2. The maximum atomic E-state index is 13.7. The second-order valence-electron chi connectivity index (χ2n) is 7.37. The largest absolute Gasteiger partial charge is 0.497 e. The van der Waals surface area contributed by atoms with E-state index >= 15 is 0 Å². The number of amides is 2. The summed E-state index contributed by atoms with van der Waals surface area (Å²) in [6, 6.07) is 15.5. The van der Waals surface area contributed by atoms with Crippen LogP contribution in [0, 0.1) is 17.5 Å². The Morgan fingerprint density at radius 2 is 1.55 bits per heavy atom. The molecule has 0 saturated carbocycles. The van der Waals surface area contributed by atoms with Gasteiger partial charge in [-0.1, -0.05) is 24.3 Å². The number of nitrogens with one attached hydrogen (secondary N) is 1. The van der Waals surface area contributed by atoms with E-state index in [1.807, 2.05) is 0 Å². The van der Waals surface area contributed by atoms with Crippen LogP contribution in [0.4, 0.5) is 18.9 Å². The number of halogens is 3. The fourth-order valence-corrected chi connectivity index (χ4v) is 3.53. The van der Waals surface area contributed by atoms with E-state index in [0.29, 0.717) is 17.7 Å². The normalized spacial score (nSPS) is 13.6. The quantitative estimate of drug-likeness (QED) is 0.535. The molecule has 3 aromatic rings. The molecule has 0 atom stereocenters. The molecule has 1 aliphatic heterocycles. The van der Waals surface area contributed by atoms with E-state index in [0.717, 1.165) is 22.6 Å². The van der Waals surface area contributed by atoms with E-state index in [1.165, 1.54) is 25.3 Å². The first-order valence-corrected chi connectivity index (χ1v) is 10.1. The van der Waals surface area contributed by atoms with Crippen molar-refractivity contribution >= 4 is 23.1 Å². The monoisotopic (exact) mass is 452 g/mol. The van der Waals surface area contributed by atoms with Gasteiger partial charge in [-0.3, -0.25) is 14.5 Å². The maximum absolute atomic E-state index is 13.7. The van der Waals surface area contributed by atoms with Gasteiger partial charge >= 0.3 is 0 Å². The van der Waals surface area contributed by atoms with Crippen molar-refractivity contribution in [1.82, 2.24) is 4.90 Å². The third kappa shape index (κ3) is 4.59. The van der Waals surface area contributed by atoms with E-state index in [1.54, 1.807) is 36.4 Å². The third-order valence-corrected chi connectivity index (χ3v) is 5.27. The minimum Gasteiger partial charge on any atom is -0.497 e. The van der Waals surface area contributed by atoms with Gasteiger partial charge in [0.15, 0.2) is 11.6 Å². The number of ether oxygens (including phenoxy) is 1. The van der Waals surface area contributed by atoms with E-state index in [4.69, 9.17) is 4.74 Å². The van der Waals surface area contributed by atoms with Gasteiger partial charge in [-0.2, -0.15) is 0 Å². The van der Waals surface area contributed by atoms with E-state index in [2.05, 4.69) is 5.32 Å². The molecule has 33 heavy (non-hydrogen) atoms. The zero-order valence-electron chi connectivity index (χ0n) is 17.6. The number of methoxy groups -OCH3 is 1. The molecule has 0 aromatic heterocycles. The van der Waals surface area contributed by atoms with Crippen LogP contribution in [0.25, 0.3) is 5.57 Å². The molecule has 1 aliphatic rings. The number of rotatable bonds is 7. The Kier molecular flexibility index (Phi) is 6.17. The number of carbonyl (C=O) groups is 2. The number of hydrogen-bond donors (Lipinski definition) is 1. The van der Waals surface area contributed by atoms with Crippen LogP contribution in [0.1, 0.15) is 11.1 Å². The van der Waals surface area contributed by atoms with Crippen molar-refractivity contribution in [2.75, 3.05) is 19.0 Å². The SMILES string of the molecule is COc1ccc(C2=C(Nc3ccc(F)c(F)c3)C(=O)N(CCc3ccc(F)cc3)C2=O)cc1. The molecule has 0 bridgehead atoms. The number of anilines is 1. The lowest BCUT2D eigenvalue weighted by molar-refractivity contribution is -0.136. The Hall–Kier alpha value is -4.07. The van der Waals surface area contributed by atoms with Crippen LogP contribution in [0.3, 0.4) is 0 Å². The summed E-state index contributed by atoms with van der Waals surface area (Å²) in [5.41, 5.74) is 1.40. The number of benzene rings is 3. The van der Waals surface area contributed by atoms with Gasteiger partial charge < -0.3 is 10.1 Å². The average Bonchev–Trinajstić information content (AvgIpc) is 3.05. The summed E-state index contributed by atoms with van der Waals surface area (Å²) in [5.74, 6) is -3.06. The van der Waals surface area contributed by atoms with Gasteiger partial charge in [-0.05, 0) is 53.9 Å². The van der Waals surface area contributed by atoms with Gasteiger partial charge in [0, 0.05) is 18.3 Å². The lowest BCUT2D eigenvalue weighted by Gasteiger charge is -2.15. The lowest BCUT2D eigenvalue weighted by Crippen LogP contribution is -2.34. The Morgan fingerprint density at radius 3 is 2.18 bits per heavy atom. The molecule has 1 N–H and O–H groups in total. The maximum Gasteiger partial charge on any atom is 0.278 e. The fourth-order valence-electron chi connectivity index (χ4n) is 3.53. The molecule has 0 aliphatic carbocycles. The molecule has 3 aromatic carbocycles. The molecule has 1 heterocycles. The first-order chi connectivity index (χ1) is 15.9. The third-order valence-electron chi connectivity index (χ3n) is 5.27. The highest BCUT2D eigenvalue weighted by molar-refractivity contribution is 6.36. The minimum atomic E-state index is -1.09. The highest BCUT2D eigenvalue weighted by atomic mass is 19.2. The van der Waals surface area contributed by atoms with Crippen LogP contribution in [0.5, 0.6) is 5.75 Å². The van der Waals surface area contributed by atoms with Crippen LogP contribution in [-0.2, 0) is 16.0 Å². The predicted molar refractivity (Wildman–Crippen MR) is 117 cm³/mol. The molecule has 0 spiro atoms. The van der Waals surface area contributed by atoms with Crippen molar-refractivity contribution < 1.29 is 27.5 Å². The van der Waals surface area contributed by atoms with E-state index in [-0.39, 0.29) is 29.3 Å². The lowest BCUT2D eigenvalue weighted by atomic mass is 10.0. The summed E-state index contributed by atoms with van der Waals surface area (Å²) in [5, 5.41) is 2.78. The van der Waals surface area contributed by atoms with Crippen molar-refractivity contribution in [1.29, 1.82) is 0 Å². The molecular formula is C25H19F3N2O3. The molecule has 0 saturated heterocycles. The molecule has 0 radical (unpaired) electrons. The van der Waals surface area contributed by atoms with Gasteiger partial charge in [-0.15, -0.1) is 0 Å². The summed E-state index contributed by atoms with van der Waals surface area (Å²) in [4.78, 5) is 27.5. The van der Waals surface area contributed by atoms with Crippen molar-refractivity contribution in [2.24, 2.45) is 0 Å². The molecule has 0 unspecified atom stereocenters. The fraction of sp³-hybridized carbons (Fsp3) is 0.120. The van der Waals surface area contributed by atoms with Crippen LogP contribution in [-0.4, -0.2) is 30.4 Å². The highest BCUT2D eigenvalue weighted by Gasteiger charge is 2.39. The predicted octanol–water partition coefficient (Wildman–Crippen LogP) is 4.55. The van der Waals surface area contributed by atoms with Crippen molar-refractivity contribution in [2.45, 2.75) is 6.42 Å². The van der Waals surface area contributed by atoms with Gasteiger partial charge in [0.25, 0.3) is 11.8 Å².